The van der Waals surface area contributed by atoms with E-state index in [1.54, 1.807) is 0 Å². The second-order valence-electron chi connectivity index (χ2n) is 7.45. The molecule has 1 aliphatic rings. The van der Waals surface area contributed by atoms with E-state index in [1.807, 2.05) is 43.3 Å². The standard InChI is InChI=1S/C21H23N3O7S/c1-24(2)12-5-3-11(4-6-12)7-16(25)22-9-13-8-14-15(10-31-13)32-19(17(14)20(27)28)23-18(26)21(29)30/h3-6,13H,7-10H2,1-2H3,(H,22,25)(H,23,26)(H,27,28)(H,29,30). The lowest BCUT2D eigenvalue weighted by atomic mass is 10.0. The van der Waals surface area contributed by atoms with Crippen LogP contribution in [-0.4, -0.2) is 60.7 Å². The predicted molar refractivity (Wildman–Crippen MR) is 117 cm³/mol. The van der Waals surface area contributed by atoms with Crippen LogP contribution in [0.5, 0.6) is 0 Å². The van der Waals surface area contributed by atoms with E-state index in [9.17, 15) is 24.3 Å². The molecular weight excluding hydrogens is 438 g/mol. The summed E-state index contributed by atoms with van der Waals surface area (Å²) in [6, 6.07) is 7.63. The van der Waals surface area contributed by atoms with Crippen LogP contribution in [0.15, 0.2) is 24.3 Å². The van der Waals surface area contributed by atoms with Crippen molar-refractivity contribution < 1.29 is 34.1 Å². The molecule has 10 nitrogen and oxygen atoms in total. The Balaban J connectivity index is 1.61. The van der Waals surface area contributed by atoms with Gasteiger partial charge in [-0.15, -0.1) is 11.3 Å². The Labute approximate surface area is 187 Å². The Kier molecular flexibility index (Phi) is 7.11. The van der Waals surface area contributed by atoms with Gasteiger partial charge in [-0.1, -0.05) is 12.1 Å². The van der Waals surface area contributed by atoms with Gasteiger partial charge in [0.25, 0.3) is 0 Å². The van der Waals surface area contributed by atoms with Crippen molar-refractivity contribution >= 4 is 45.8 Å². The van der Waals surface area contributed by atoms with Crippen LogP contribution in [0.2, 0.25) is 0 Å². The number of hydrogen-bond acceptors (Lipinski definition) is 7. The van der Waals surface area contributed by atoms with Crippen LogP contribution in [0, 0.1) is 0 Å². The number of aromatic carboxylic acids is 1. The van der Waals surface area contributed by atoms with E-state index in [1.165, 1.54) is 0 Å². The summed E-state index contributed by atoms with van der Waals surface area (Å²) in [6.07, 6.45) is -0.0253. The number of hydrogen-bond donors (Lipinski definition) is 4. The largest absolute Gasteiger partial charge is 0.478 e. The number of ether oxygens (including phenoxy) is 1. The van der Waals surface area contributed by atoms with Crippen LogP contribution in [0.25, 0.3) is 0 Å². The maximum absolute atomic E-state index is 12.3. The summed E-state index contributed by atoms with van der Waals surface area (Å²) in [5.41, 5.74) is 2.24. The van der Waals surface area contributed by atoms with Crippen molar-refractivity contribution in [3.63, 3.8) is 0 Å². The van der Waals surface area contributed by atoms with E-state index < -0.39 is 23.9 Å². The highest BCUT2D eigenvalue weighted by atomic mass is 32.1. The molecule has 0 fully saturated rings. The van der Waals surface area contributed by atoms with Crippen molar-refractivity contribution in [2.24, 2.45) is 0 Å². The van der Waals surface area contributed by atoms with Gasteiger partial charge in [-0.25, -0.2) is 9.59 Å². The fourth-order valence-electron chi connectivity index (χ4n) is 3.31. The van der Waals surface area contributed by atoms with Crippen molar-refractivity contribution in [3.8, 4) is 0 Å². The highest BCUT2D eigenvalue weighted by Crippen LogP contribution is 2.37. The van der Waals surface area contributed by atoms with E-state index in [-0.39, 0.29) is 42.5 Å². The molecule has 2 amide bonds. The molecule has 2 heterocycles. The number of carboxylic acid groups (broad SMARTS) is 2. The Bertz CT molecular complexity index is 1050. The first kappa shape index (κ1) is 23.2. The van der Waals surface area contributed by atoms with Crippen molar-refractivity contribution in [1.29, 1.82) is 0 Å². The van der Waals surface area contributed by atoms with Crippen LogP contribution in [0.3, 0.4) is 0 Å². The van der Waals surface area contributed by atoms with E-state index in [2.05, 4.69) is 10.6 Å². The minimum absolute atomic E-state index is 0.0376. The molecule has 1 aromatic carbocycles. The first-order valence-electron chi connectivity index (χ1n) is 9.72. The molecule has 4 N–H and O–H groups in total. The zero-order valence-corrected chi connectivity index (χ0v) is 18.3. The van der Waals surface area contributed by atoms with Gasteiger partial charge in [0.2, 0.25) is 5.91 Å². The molecule has 0 saturated carbocycles. The van der Waals surface area contributed by atoms with Crippen molar-refractivity contribution in [2.45, 2.75) is 25.6 Å². The lowest BCUT2D eigenvalue weighted by molar-refractivity contribution is -0.147. The molecule has 1 aliphatic heterocycles. The fourth-order valence-corrected chi connectivity index (χ4v) is 4.45. The third-order valence-corrected chi connectivity index (χ3v) is 6.07. The van der Waals surface area contributed by atoms with E-state index in [0.29, 0.717) is 10.4 Å². The summed E-state index contributed by atoms with van der Waals surface area (Å²) >= 11 is 0.975. The molecule has 1 atom stereocenters. The van der Waals surface area contributed by atoms with Crippen LogP contribution in [0.4, 0.5) is 10.7 Å². The number of amides is 2. The normalized spacial score (nSPS) is 14.9. The smallest absolute Gasteiger partial charge is 0.394 e. The Morgan fingerprint density at radius 3 is 2.44 bits per heavy atom. The Morgan fingerprint density at radius 2 is 1.84 bits per heavy atom. The maximum atomic E-state index is 12.3. The topological polar surface area (TPSA) is 145 Å². The molecule has 0 spiro atoms. The van der Waals surface area contributed by atoms with Gasteiger partial charge in [-0.05, 0) is 23.3 Å². The quantitative estimate of drug-likeness (QED) is 0.452. The van der Waals surface area contributed by atoms with E-state index in [4.69, 9.17) is 9.84 Å². The third-order valence-electron chi connectivity index (χ3n) is 4.95. The first-order valence-corrected chi connectivity index (χ1v) is 10.5. The van der Waals surface area contributed by atoms with Crippen molar-refractivity contribution in [1.82, 2.24) is 5.32 Å². The number of anilines is 2. The second-order valence-corrected chi connectivity index (χ2v) is 8.56. The minimum atomic E-state index is -1.71. The number of rotatable bonds is 7. The van der Waals surface area contributed by atoms with Gasteiger partial charge in [0.05, 0.1) is 24.7 Å². The van der Waals surface area contributed by atoms with E-state index >= 15 is 0 Å². The number of benzene rings is 1. The minimum Gasteiger partial charge on any atom is -0.478 e. The summed E-state index contributed by atoms with van der Waals surface area (Å²) < 4.78 is 5.72. The molecule has 0 saturated heterocycles. The Morgan fingerprint density at radius 1 is 1.16 bits per heavy atom. The SMILES string of the molecule is CN(C)c1ccc(CC(=O)NCC2Cc3c(sc(NC(=O)C(=O)O)c3C(=O)O)CO2)cc1. The number of aliphatic carboxylic acids is 1. The fraction of sp³-hybridized carbons (Fsp3) is 0.333. The molecule has 0 bridgehead atoms. The molecular formula is C21H23N3O7S. The van der Waals surface area contributed by atoms with Gasteiger partial charge in [0.15, 0.2) is 0 Å². The third kappa shape index (κ3) is 5.42. The second kappa shape index (κ2) is 9.79. The van der Waals surface area contributed by atoms with Crippen molar-refractivity contribution in [3.05, 3.63) is 45.8 Å². The number of fused-ring (bicyclic) bond motifs is 1. The highest BCUT2D eigenvalue weighted by Gasteiger charge is 2.31. The number of nitrogens with zero attached hydrogens (tertiary/aromatic N) is 1. The molecule has 0 aliphatic carbocycles. The van der Waals surface area contributed by atoms with Crippen LogP contribution >= 0.6 is 11.3 Å². The molecule has 3 rings (SSSR count). The zero-order valence-electron chi connectivity index (χ0n) is 17.5. The van der Waals surface area contributed by atoms with E-state index in [0.717, 1.165) is 22.6 Å². The Hall–Kier alpha value is -3.44. The molecule has 32 heavy (non-hydrogen) atoms. The number of thiophene rings is 1. The van der Waals surface area contributed by atoms with Gasteiger partial charge in [0.1, 0.15) is 5.00 Å². The van der Waals surface area contributed by atoms with Crippen LogP contribution in [0.1, 0.15) is 26.4 Å². The molecule has 170 valence electrons. The lowest BCUT2D eigenvalue weighted by Gasteiger charge is -2.23. The maximum Gasteiger partial charge on any atom is 0.394 e. The summed E-state index contributed by atoms with van der Waals surface area (Å²) in [7, 11) is 3.87. The molecule has 0 radical (unpaired) electrons. The van der Waals surface area contributed by atoms with Gasteiger partial charge >= 0.3 is 17.8 Å². The zero-order chi connectivity index (χ0) is 23.4. The molecule has 2 aromatic rings. The summed E-state index contributed by atoms with van der Waals surface area (Å²) in [6.45, 7) is 0.301. The van der Waals surface area contributed by atoms with Gasteiger partial charge in [-0.2, -0.15) is 0 Å². The first-order chi connectivity index (χ1) is 15.2. The van der Waals surface area contributed by atoms with Gasteiger partial charge in [0, 0.05) is 37.6 Å². The number of carbonyl (C=O) groups is 4. The number of nitrogens with one attached hydrogen (secondary N) is 2. The molecule has 1 aromatic heterocycles. The molecule has 1 unspecified atom stereocenters. The summed E-state index contributed by atoms with van der Waals surface area (Å²) in [5.74, 6) is -4.47. The number of carboxylic acids is 2. The average Bonchev–Trinajstić information content (AvgIpc) is 3.09. The monoisotopic (exact) mass is 461 g/mol. The molecule has 11 heteroatoms. The van der Waals surface area contributed by atoms with Crippen LogP contribution in [-0.2, 0) is 38.6 Å². The van der Waals surface area contributed by atoms with Gasteiger partial charge < -0.3 is 30.5 Å². The average molecular weight is 461 g/mol. The predicted octanol–water partition coefficient (Wildman–Crippen LogP) is 1.34. The van der Waals surface area contributed by atoms with Crippen LogP contribution < -0.4 is 15.5 Å². The summed E-state index contributed by atoms with van der Waals surface area (Å²) in [4.78, 5) is 48.9. The van der Waals surface area contributed by atoms with Gasteiger partial charge in [-0.3, -0.25) is 9.59 Å². The van der Waals surface area contributed by atoms with Crippen molar-refractivity contribution in [2.75, 3.05) is 30.9 Å². The lowest BCUT2D eigenvalue weighted by Crippen LogP contribution is -2.37. The summed E-state index contributed by atoms with van der Waals surface area (Å²) in [5, 5.41) is 23.2. The highest BCUT2D eigenvalue weighted by molar-refractivity contribution is 7.17. The number of carbonyl (C=O) groups excluding carboxylic acids is 2.